The molecule has 0 amide bonds. The summed E-state index contributed by atoms with van der Waals surface area (Å²) in [4.78, 5) is 0. The summed E-state index contributed by atoms with van der Waals surface area (Å²) in [5, 5.41) is 6.61. The average Bonchev–Trinajstić information content (AvgIpc) is 2.71. The summed E-state index contributed by atoms with van der Waals surface area (Å²) in [5.74, 6) is 0. The van der Waals surface area contributed by atoms with Crippen LogP contribution in [0.5, 0.6) is 0 Å². The summed E-state index contributed by atoms with van der Waals surface area (Å²) in [5.41, 5.74) is 2.60. The van der Waals surface area contributed by atoms with Gasteiger partial charge in [-0.15, -0.1) is 0 Å². The molecule has 1 heterocycles. The third kappa shape index (κ3) is 1.83. The van der Waals surface area contributed by atoms with Gasteiger partial charge in [-0.25, -0.2) is 0 Å². The van der Waals surface area contributed by atoms with E-state index in [1.165, 1.54) is 30.6 Å². The molecule has 1 aromatic rings. The van der Waals surface area contributed by atoms with Crippen molar-refractivity contribution in [2.24, 2.45) is 0 Å². The maximum absolute atomic E-state index is 3.49. The van der Waals surface area contributed by atoms with Gasteiger partial charge in [-0.2, -0.15) is 0 Å². The molecule has 0 radical (unpaired) electrons. The Morgan fingerprint density at radius 2 is 2.08 bits per heavy atom. The number of rotatable bonds is 2. The summed E-state index contributed by atoms with van der Waals surface area (Å²) in [7, 11) is 1.95. The monoisotopic (exact) mass is 176 g/mol. The first-order valence-electron chi connectivity index (χ1n) is 4.91. The van der Waals surface area contributed by atoms with Crippen molar-refractivity contribution in [2.45, 2.75) is 18.9 Å². The standard InChI is InChI=1S/C11H16N2/c1-12-10-6-4-9(5-7-10)11-3-2-8-13-11/h4-7,11-13H,2-3,8H2,1H3. The maximum Gasteiger partial charge on any atom is 0.0337 e. The fourth-order valence-electron chi connectivity index (χ4n) is 1.85. The van der Waals surface area contributed by atoms with E-state index in [0.29, 0.717) is 6.04 Å². The van der Waals surface area contributed by atoms with E-state index in [2.05, 4.69) is 34.9 Å². The Balaban J connectivity index is 2.12. The molecule has 2 nitrogen and oxygen atoms in total. The quantitative estimate of drug-likeness (QED) is 0.721. The van der Waals surface area contributed by atoms with E-state index >= 15 is 0 Å². The largest absolute Gasteiger partial charge is 0.388 e. The fraction of sp³-hybridized carbons (Fsp3) is 0.455. The Bertz CT molecular complexity index is 260. The van der Waals surface area contributed by atoms with Crippen LogP contribution in [0.25, 0.3) is 0 Å². The molecule has 1 aliphatic rings. The van der Waals surface area contributed by atoms with Gasteiger partial charge in [0.05, 0.1) is 0 Å². The van der Waals surface area contributed by atoms with Crippen LogP contribution in [-0.4, -0.2) is 13.6 Å². The molecule has 1 aliphatic heterocycles. The molecule has 2 heteroatoms. The first-order valence-corrected chi connectivity index (χ1v) is 4.91. The van der Waals surface area contributed by atoms with E-state index in [4.69, 9.17) is 0 Å². The lowest BCUT2D eigenvalue weighted by molar-refractivity contribution is 0.648. The van der Waals surface area contributed by atoms with Gasteiger partial charge in [0.25, 0.3) is 0 Å². The fourth-order valence-corrected chi connectivity index (χ4v) is 1.85. The predicted molar refractivity (Wildman–Crippen MR) is 56.0 cm³/mol. The number of nitrogens with one attached hydrogen (secondary N) is 2. The Morgan fingerprint density at radius 1 is 1.31 bits per heavy atom. The molecule has 0 bridgehead atoms. The van der Waals surface area contributed by atoms with E-state index in [-0.39, 0.29) is 0 Å². The second kappa shape index (κ2) is 3.79. The predicted octanol–water partition coefficient (Wildman–Crippen LogP) is 2.15. The lowest BCUT2D eigenvalue weighted by atomic mass is 10.1. The molecular formula is C11H16N2. The molecule has 1 aromatic carbocycles. The van der Waals surface area contributed by atoms with Gasteiger partial charge in [-0.1, -0.05) is 12.1 Å². The third-order valence-corrected chi connectivity index (χ3v) is 2.66. The van der Waals surface area contributed by atoms with Crippen LogP contribution in [0.15, 0.2) is 24.3 Å². The van der Waals surface area contributed by atoms with Gasteiger partial charge >= 0.3 is 0 Å². The van der Waals surface area contributed by atoms with E-state index < -0.39 is 0 Å². The normalized spacial score (nSPS) is 21.8. The number of hydrogen-bond acceptors (Lipinski definition) is 2. The summed E-state index contributed by atoms with van der Waals surface area (Å²) >= 11 is 0. The van der Waals surface area contributed by atoms with Crippen LogP contribution < -0.4 is 10.6 Å². The van der Waals surface area contributed by atoms with Crippen molar-refractivity contribution in [1.82, 2.24) is 5.32 Å². The first-order chi connectivity index (χ1) is 6.40. The molecule has 2 rings (SSSR count). The van der Waals surface area contributed by atoms with Gasteiger partial charge in [0.1, 0.15) is 0 Å². The molecule has 70 valence electrons. The molecule has 2 N–H and O–H groups in total. The van der Waals surface area contributed by atoms with Gasteiger partial charge in [0.2, 0.25) is 0 Å². The molecule has 0 aromatic heterocycles. The maximum atomic E-state index is 3.49. The van der Waals surface area contributed by atoms with Crippen molar-refractivity contribution in [1.29, 1.82) is 0 Å². The Hall–Kier alpha value is -1.02. The zero-order valence-electron chi connectivity index (χ0n) is 8.01. The minimum atomic E-state index is 0.589. The molecule has 0 aliphatic carbocycles. The van der Waals surface area contributed by atoms with Crippen molar-refractivity contribution in [3.05, 3.63) is 29.8 Å². The van der Waals surface area contributed by atoms with Gasteiger partial charge in [-0.3, -0.25) is 0 Å². The highest BCUT2D eigenvalue weighted by atomic mass is 14.9. The first kappa shape index (κ1) is 8.57. The van der Waals surface area contributed by atoms with Crippen LogP contribution in [0.4, 0.5) is 5.69 Å². The molecule has 0 saturated carbocycles. The Morgan fingerprint density at radius 3 is 2.62 bits per heavy atom. The molecular weight excluding hydrogens is 160 g/mol. The average molecular weight is 176 g/mol. The second-order valence-corrected chi connectivity index (χ2v) is 3.52. The van der Waals surface area contributed by atoms with E-state index in [9.17, 15) is 0 Å². The zero-order valence-corrected chi connectivity index (χ0v) is 8.01. The smallest absolute Gasteiger partial charge is 0.0337 e. The molecule has 1 fully saturated rings. The van der Waals surface area contributed by atoms with Crippen molar-refractivity contribution >= 4 is 5.69 Å². The zero-order chi connectivity index (χ0) is 9.10. The van der Waals surface area contributed by atoms with Crippen LogP contribution in [0.2, 0.25) is 0 Å². The Kier molecular flexibility index (Phi) is 2.50. The van der Waals surface area contributed by atoms with Gasteiger partial charge in [0, 0.05) is 18.8 Å². The lowest BCUT2D eigenvalue weighted by Crippen LogP contribution is -2.12. The summed E-state index contributed by atoms with van der Waals surface area (Å²) in [6.07, 6.45) is 2.58. The van der Waals surface area contributed by atoms with Gasteiger partial charge < -0.3 is 10.6 Å². The molecule has 0 spiro atoms. The molecule has 1 atom stereocenters. The molecule has 1 saturated heterocycles. The van der Waals surface area contributed by atoms with Gasteiger partial charge in [-0.05, 0) is 37.1 Å². The molecule has 1 unspecified atom stereocenters. The second-order valence-electron chi connectivity index (χ2n) is 3.52. The van der Waals surface area contributed by atoms with Crippen molar-refractivity contribution in [3.8, 4) is 0 Å². The van der Waals surface area contributed by atoms with Crippen LogP contribution in [-0.2, 0) is 0 Å². The van der Waals surface area contributed by atoms with E-state index in [1.54, 1.807) is 0 Å². The SMILES string of the molecule is CNc1ccc(C2CCCN2)cc1. The summed E-state index contributed by atoms with van der Waals surface area (Å²) in [6, 6.07) is 9.26. The van der Waals surface area contributed by atoms with E-state index in [0.717, 1.165) is 0 Å². The third-order valence-electron chi connectivity index (χ3n) is 2.66. The van der Waals surface area contributed by atoms with Crippen LogP contribution in [0, 0.1) is 0 Å². The number of benzene rings is 1. The van der Waals surface area contributed by atoms with Crippen molar-refractivity contribution in [3.63, 3.8) is 0 Å². The summed E-state index contributed by atoms with van der Waals surface area (Å²) in [6.45, 7) is 1.17. The number of hydrogen-bond donors (Lipinski definition) is 2. The Labute approximate surface area is 79.4 Å². The molecule has 13 heavy (non-hydrogen) atoms. The minimum absolute atomic E-state index is 0.589. The highest BCUT2D eigenvalue weighted by Gasteiger charge is 2.15. The summed E-state index contributed by atoms with van der Waals surface area (Å²) < 4.78 is 0. The van der Waals surface area contributed by atoms with Crippen LogP contribution >= 0.6 is 0 Å². The number of anilines is 1. The highest BCUT2D eigenvalue weighted by Crippen LogP contribution is 2.23. The van der Waals surface area contributed by atoms with Crippen molar-refractivity contribution < 1.29 is 0 Å². The highest BCUT2D eigenvalue weighted by molar-refractivity contribution is 5.44. The van der Waals surface area contributed by atoms with Gasteiger partial charge in [0.15, 0.2) is 0 Å². The van der Waals surface area contributed by atoms with E-state index in [1.807, 2.05) is 7.05 Å². The van der Waals surface area contributed by atoms with Crippen LogP contribution in [0.3, 0.4) is 0 Å². The lowest BCUT2D eigenvalue weighted by Gasteiger charge is -2.10. The minimum Gasteiger partial charge on any atom is -0.388 e. The topological polar surface area (TPSA) is 24.1 Å². The van der Waals surface area contributed by atoms with Crippen LogP contribution in [0.1, 0.15) is 24.4 Å². The van der Waals surface area contributed by atoms with Crippen molar-refractivity contribution in [2.75, 3.05) is 18.9 Å².